The Balaban J connectivity index is 1.92. The van der Waals surface area contributed by atoms with Crippen LogP contribution >= 0.6 is 0 Å². The van der Waals surface area contributed by atoms with Gasteiger partial charge in [0.2, 0.25) is 0 Å². The van der Waals surface area contributed by atoms with E-state index < -0.39 is 0 Å². The Kier molecular flexibility index (Phi) is 3.23. The molecule has 0 atom stereocenters. The van der Waals surface area contributed by atoms with Gasteiger partial charge in [0.25, 0.3) is 0 Å². The van der Waals surface area contributed by atoms with Crippen LogP contribution in [0.3, 0.4) is 0 Å². The van der Waals surface area contributed by atoms with Crippen LogP contribution in [-0.2, 0) is 6.54 Å². The second-order valence-corrected chi connectivity index (χ2v) is 4.59. The zero-order valence-corrected chi connectivity index (χ0v) is 11.0. The Labute approximate surface area is 112 Å². The van der Waals surface area contributed by atoms with Gasteiger partial charge >= 0.3 is 0 Å². The van der Waals surface area contributed by atoms with Crippen LogP contribution in [0.25, 0.3) is 22.3 Å². The number of nitrogens with zero attached hydrogens (tertiary/aromatic N) is 4. The van der Waals surface area contributed by atoms with E-state index in [0.717, 1.165) is 35.3 Å². The Morgan fingerprint density at radius 2 is 1.95 bits per heavy atom. The Bertz CT molecular complexity index is 687. The first-order chi connectivity index (χ1) is 9.36. The highest BCUT2D eigenvalue weighted by molar-refractivity contribution is 5.76. The van der Waals surface area contributed by atoms with Gasteiger partial charge in [-0.3, -0.25) is 9.67 Å². The second-order valence-electron chi connectivity index (χ2n) is 4.59. The summed E-state index contributed by atoms with van der Waals surface area (Å²) in [5, 5.41) is 4.36. The number of para-hydroxylation sites is 2. The molecule has 0 fully saturated rings. The summed E-state index contributed by atoms with van der Waals surface area (Å²) in [6.07, 6.45) is 8.02. The van der Waals surface area contributed by atoms with Gasteiger partial charge in [0, 0.05) is 18.3 Å². The predicted molar refractivity (Wildman–Crippen MR) is 75.7 cm³/mol. The van der Waals surface area contributed by atoms with Crippen molar-refractivity contribution in [3.8, 4) is 11.3 Å². The highest BCUT2D eigenvalue weighted by atomic mass is 15.3. The molecule has 3 aromatic rings. The van der Waals surface area contributed by atoms with Crippen molar-refractivity contribution in [2.24, 2.45) is 0 Å². The zero-order chi connectivity index (χ0) is 13.1. The molecule has 0 aliphatic rings. The quantitative estimate of drug-likeness (QED) is 0.715. The van der Waals surface area contributed by atoms with E-state index in [9.17, 15) is 0 Å². The first-order valence-corrected chi connectivity index (χ1v) is 6.61. The first-order valence-electron chi connectivity index (χ1n) is 6.61. The fourth-order valence-corrected chi connectivity index (χ4v) is 2.03. The molecule has 96 valence electrons. The smallest absolute Gasteiger partial charge is 0.0924 e. The SMILES string of the molecule is CCCCn1cc(-c2cnc3ccccc3n2)cn1. The average molecular weight is 252 g/mol. The summed E-state index contributed by atoms with van der Waals surface area (Å²) in [6.45, 7) is 3.14. The Hall–Kier alpha value is -2.23. The van der Waals surface area contributed by atoms with Gasteiger partial charge in [-0.25, -0.2) is 4.98 Å². The lowest BCUT2D eigenvalue weighted by atomic mass is 10.2. The van der Waals surface area contributed by atoms with Crippen molar-refractivity contribution in [2.45, 2.75) is 26.3 Å². The minimum Gasteiger partial charge on any atom is -0.272 e. The Morgan fingerprint density at radius 3 is 2.79 bits per heavy atom. The molecular weight excluding hydrogens is 236 g/mol. The minimum atomic E-state index is 0.876. The first kappa shape index (κ1) is 11.8. The van der Waals surface area contributed by atoms with Crippen molar-refractivity contribution in [1.82, 2.24) is 19.7 Å². The summed E-state index contributed by atoms with van der Waals surface area (Å²) in [6, 6.07) is 7.90. The monoisotopic (exact) mass is 252 g/mol. The van der Waals surface area contributed by atoms with Crippen LogP contribution in [0.15, 0.2) is 42.9 Å². The minimum absolute atomic E-state index is 0.876. The van der Waals surface area contributed by atoms with Gasteiger partial charge in [-0.2, -0.15) is 5.10 Å². The fourth-order valence-electron chi connectivity index (χ4n) is 2.03. The van der Waals surface area contributed by atoms with Gasteiger partial charge < -0.3 is 0 Å². The van der Waals surface area contributed by atoms with Crippen molar-refractivity contribution in [3.63, 3.8) is 0 Å². The van der Waals surface area contributed by atoms with E-state index in [0.29, 0.717) is 0 Å². The van der Waals surface area contributed by atoms with Crippen LogP contribution in [0.4, 0.5) is 0 Å². The lowest BCUT2D eigenvalue weighted by Gasteiger charge is -2.00. The fraction of sp³-hybridized carbons (Fsp3) is 0.267. The van der Waals surface area contributed by atoms with Crippen molar-refractivity contribution < 1.29 is 0 Å². The molecule has 0 unspecified atom stereocenters. The summed E-state index contributed by atoms with van der Waals surface area (Å²) in [7, 11) is 0. The molecule has 1 aromatic carbocycles. The topological polar surface area (TPSA) is 43.6 Å². The molecule has 0 amide bonds. The normalized spacial score (nSPS) is 11.0. The van der Waals surface area contributed by atoms with Gasteiger partial charge in [-0.15, -0.1) is 0 Å². The van der Waals surface area contributed by atoms with Crippen LogP contribution in [0, 0.1) is 0 Å². The molecule has 0 spiro atoms. The van der Waals surface area contributed by atoms with E-state index in [1.54, 1.807) is 0 Å². The van der Waals surface area contributed by atoms with Gasteiger partial charge in [0.05, 0.1) is 29.1 Å². The lowest BCUT2D eigenvalue weighted by molar-refractivity contribution is 0.572. The van der Waals surface area contributed by atoms with E-state index in [1.165, 1.54) is 6.42 Å². The van der Waals surface area contributed by atoms with Crippen molar-refractivity contribution in [3.05, 3.63) is 42.9 Å². The molecule has 0 aliphatic carbocycles. The number of hydrogen-bond acceptors (Lipinski definition) is 3. The van der Waals surface area contributed by atoms with Crippen LogP contribution < -0.4 is 0 Å². The molecule has 19 heavy (non-hydrogen) atoms. The molecular formula is C15H16N4. The largest absolute Gasteiger partial charge is 0.272 e. The average Bonchev–Trinajstić information content (AvgIpc) is 2.93. The van der Waals surface area contributed by atoms with Gasteiger partial charge in [0.1, 0.15) is 0 Å². The summed E-state index contributed by atoms with van der Waals surface area (Å²) < 4.78 is 1.97. The van der Waals surface area contributed by atoms with E-state index in [1.807, 2.05) is 47.5 Å². The molecule has 0 N–H and O–H groups in total. The molecule has 0 radical (unpaired) electrons. The Morgan fingerprint density at radius 1 is 1.11 bits per heavy atom. The van der Waals surface area contributed by atoms with Crippen molar-refractivity contribution in [1.29, 1.82) is 0 Å². The molecule has 0 aliphatic heterocycles. The number of aromatic nitrogens is 4. The highest BCUT2D eigenvalue weighted by Crippen LogP contribution is 2.18. The van der Waals surface area contributed by atoms with Gasteiger partial charge in [0.15, 0.2) is 0 Å². The molecule has 2 aromatic heterocycles. The number of unbranched alkanes of at least 4 members (excludes halogenated alkanes) is 1. The molecule has 4 heteroatoms. The van der Waals surface area contributed by atoms with E-state index in [-0.39, 0.29) is 0 Å². The molecule has 2 heterocycles. The lowest BCUT2D eigenvalue weighted by Crippen LogP contribution is -1.96. The number of fused-ring (bicyclic) bond motifs is 1. The van der Waals surface area contributed by atoms with Gasteiger partial charge in [-0.1, -0.05) is 25.5 Å². The number of aryl methyl sites for hydroxylation is 1. The third-order valence-corrected chi connectivity index (χ3v) is 3.12. The molecule has 4 nitrogen and oxygen atoms in total. The van der Waals surface area contributed by atoms with Crippen LogP contribution in [0.2, 0.25) is 0 Å². The van der Waals surface area contributed by atoms with Crippen molar-refractivity contribution in [2.75, 3.05) is 0 Å². The molecule has 0 saturated carbocycles. The number of hydrogen-bond donors (Lipinski definition) is 0. The van der Waals surface area contributed by atoms with Gasteiger partial charge in [-0.05, 0) is 18.6 Å². The van der Waals surface area contributed by atoms with Crippen LogP contribution in [0.1, 0.15) is 19.8 Å². The summed E-state index contributed by atoms with van der Waals surface area (Å²) >= 11 is 0. The van der Waals surface area contributed by atoms with E-state index in [2.05, 4.69) is 22.0 Å². The van der Waals surface area contributed by atoms with Crippen molar-refractivity contribution >= 4 is 11.0 Å². The third kappa shape index (κ3) is 2.47. The van der Waals surface area contributed by atoms with E-state index in [4.69, 9.17) is 0 Å². The number of benzene rings is 1. The summed E-state index contributed by atoms with van der Waals surface area (Å²) in [4.78, 5) is 9.05. The number of rotatable bonds is 4. The van der Waals surface area contributed by atoms with E-state index >= 15 is 0 Å². The molecule has 0 bridgehead atoms. The highest BCUT2D eigenvalue weighted by Gasteiger charge is 2.05. The predicted octanol–water partition coefficient (Wildman–Crippen LogP) is 3.29. The second kappa shape index (κ2) is 5.18. The zero-order valence-electron chi connectivity index (χ0n) is 11.0. The third-order valence-electron chi connectivity index (χ3n) is 3.12. The maximum atomic E-state index is 4.62. The maximum absolute atomic E-state index is 4.62. The molecule has 0 saturated heterocycles. The summed E-state index contributed by atoms with van der Waals surface area (Å²) in [5.41, 5.74) is 3.74. The standard InChI is InChI=1S/C15H16N4/c1-2-3-8-19-11-12(9-17-19)15-10-16-13-6-4-5-7-14(13)18-15/h4-7,9-11H,2-3,8H2,1H3. The van der Waals surface area contributed by atoms with Crippen LogP contribution in [-0.4, -0.2) is 19.7 Å². The molecule has 3 rings (SSSR count). The summed E-state index contributed by atoms with van der Waals surface area (Å²) in [5.74, 6) is 0. The maximum Gasteiger partial charge on any atom is 0.0924 e. The van der Waals surface area contributed by atoms with Crippen LogP contribution in [0.5, 0.6) is 0 Å².